The van der Waals surface area contributed by atoms with Crippen molar-refractivity contribution in [2.45, 2.75) is 51.5 Å². The fourth-order valence-electron chi connectivity index (χ4n) is 5.10. The topological polar surface area (TPSA) is 46.9 Å². The van der Waals surface area contributed by atoms with Gasteiger partial charge in [-0.3, -0.25) is 9.48 Å². The second-order valence-corrected chi connectivity index (χ2v) is 8.17. The average Bonchev–Trinajstić information content (AvgIpc) is 3.12. The first-order valence-electron chi connectivity index (χ1n) is 8.92. The predicted molar refractivity (Wildman–Crippen MR) is 94.2 cm³/mol. The Hall–Kier alpha value is -2.24. The SMILES string of the molecule is Cc1ccc2c(c1)C1(NC(=O)c3cn(C)nc3C(F)F)CCC2C1(C)C. The van der Waals surface area contributed by atoms with E-state index in [4.69, 9.17) is 0 Å². The number of aromatic nitrogens is 2. The molecule has 2 unspecified atom stereocenters. The van der Waals surface area contributed by atoms with Gasteiger partial charge in [-0.15, -0.1) is 0 Å². The number of amides is 1. The van der Waals surface area contributed by atoms with Gasteiger partial charge in [0.25, 0.3) is 12.3 Å². The maximum atomic E-state index is 13.3. The number of rotatable bonds is 3. The van der Waals surface area contributed by atoms with Crippen LogP contribution in [0.2, 0.25) is 0 Å². The van der Waals surface area contributed by atoms with E-state index < -0.39 is 23.6 Å². The number of nitrogens with one attached hydrogen (secondary N) is 1. The lowest BCUT2D eigenvalue weighted by molar-refractivity contribution is 0.0797. The summed E-state index contributed by atoms with van der Waals surface area (Å²) in [7, 11) is 1.55. The Kier molecular flexibility index (Phi) is 3.56. The van der Waals surface area contributed by atoms with Crippen LogP contribution in [0.15, 0.2) is 24.4 Å². The molecule has 0 aliphatic heterocycles. The minimum atomic E-state index is -2.78. The summed E-state index contributed by atoms with van der Waals surface area (Å²) in [6.07, 6.45) is 0.394. The fraction of sp³-hybridized carbons (Fsp3) is 0.500. The van der Waals surface area contributed by atoms with E-state index in [-0.39, 0.29) is 11.0 Å². The van der Waals surface area contributed by atoms with E-state index >= 15 is 0 Å². The van der Waals surface area contributed by atoms with Gasteiger partial charge in [-0.2, -0.15) is 5.10 Å². The second kappa shape index (κ2) is 5.38. The van der Waals surface area contributed by atoms with Crippen molar-refractivity contribution in [3.8, 4) is 0 Å². The van der Waals surface area contributed by atoms with Gasteiger partial charge in [-0.05, 0) is 42.2 Å². The number of benzene rings is 1. The molecule has 138 valence electrons. The number of hydrogen-bond acceptors (Lipinski definition) is 2. The predicted octanol–water partition coefficient (Wildman–Crippen LogP) is 4.21. The Balaban J connectivity index is 1.78. The Morgan fingerprint density at radius 3 is 2.81 bits per heavy atom. The van der Waals surface area contributed by atoms with Crippen molar-refractivity contribution in [3.63, 3.8) is 0 Å². The molecule has 0 saturated heterocycles. The first-order valence-corrected chi connectivity index (χ1v) is 8.92. The van der Waals surface area contributed by atoms with Crippen molar-refractivity contribution in [1.82, 2.24) is 15.1 Å². The maximum absolute atomic E-state index is 13.3. The molecule has 2 bridgehead atoms. The van der Waals surface area contributed by atoms with Crippen LogP contribution in [0.5, 0.6) is 0 Å². The Labute approximate surface area is 151 Å². The standard InChI is InChI=1S/C20H23F2N3O/c1-11-5-6-12-14-7-8-20(15(12)9-11,19(14,2)3)23-18(26)13-10-25(4)24-16(13)17(21)22/h5-6,9-10,14,17H,7-8H2,1-4H3,(H,23,26). The zero-order valence-corrected chi connectivity index (χ0v) is 15.4. The molecule has 1 heterocycles. The summed E-state index contributed by atoms with van der Waals surface area (Å²) in [5, 5.41) is 6.92. The molecule has 4 nitrogen and oxygen atoms in total. The molecule has 1 aromatic heterocycles. The van der Waals surface area contributed by atoms with E-state index in [1.54, 1.807) is 7.05 Å². The summed E-state index contributed by atoms with van der Waals surface area (Å²) in [6, 6.07) is 6.38. The molecule has 2 aromatic rings. The van der Waals surface area contributed by atoms with Crippen LogP contribution in [0.3, 0.4) is 0 Å². The number of fused-ring (bicyclic) bond motifs is 5. The minimum Gasteiger partial charge on any atom is -0.342 e. The van der Waals surface area contributed by atoms with E-state index in [0.29, 0.717) is 5.92 Å². The molecule has 6 heteroatoms. The molecule has 1 fully saturated rings. The number of carbonyl (C=O) groups excluding carboxylic acids is 1. The van der Waals surface area contributed by atoms with Crippen LogP contribution in [0.4, 0.5) is 8.78 Å². The Morgan fingerprint density at radius 1 is 1.38 bits per heavy atom. The van der Waals surface area contributed by atoms with E-state index in [1.165, 1.54) is 16.4 Å². The molecular formula is C20H23F2N3O. The number of aryl methyl sites for hydroxylation is 2. The summed E-state index contributed by atoms with van der Waals surface area (Å²) in [6.45, 7) is 6.36. The third kappa shape index (κ3) is 2.10. The largest absolute Gasteiger partial charge is 0.342 e. The van der Waals surface area contributed by atoms with Crippen molar-refractivity contribution in [2.24, 2.45) is 12.5 Å². The van der Waals surface area contributed by atoms with Crippen LogP contribution in [0.1, 0.15) is 71.8 Å². The molecule has 1 amide bonds. The third-order valence-electron chi connectivity index (χ3n) is 6.46. The number of carbonyl (C=O) groups is 1. The highest BCUT2D eigenvalue weighted by atomic mass is 19.3. The lowest BCUT2D eigenvalue weighted by Crippen LogP contribution is -2.51. The highest BCUT2D eigenvalue weighted by Gasteiger charge is 2.62. The van der Waals surface area contributed by atoms with Gasteiger partial charge in [0.1, 0.15) is 5.69 Å². The van der Waals surface area contributed by atoms with Crippen LogP contribution in [-0.2, 0) is 12.6 Å². The zero-order chi connectivity index (χ0) is 18.9. The highest BCUT2D eigenvalue weighted by molar-refractivity contribution is 5.96. The summed E-state index contributed by atoms with van der Waals surface area (Å²) in [4.78, 5) is 13.0. The quantitative estimate of drug-likeness (QED) is 0.892. The molecule has 4 rings (SSSR count). The lowest BCUT2D eigenvalue weighted by Gasteiger charge is -2.40. The van der Waals surface area contributed by atoms with Gasteiger partial charge in [0.05, 0.1) is 11.1 Å². The lowest BCUT2D eigenvalue weighted by atomic mass is 9.73. The van der Waals surface area contributed by atoms with Crippen molar-refractivity contribution >= 4 is 5.91 Å². The van der Waals surface area contributed by atoms with E-state index in [0.717, 1.165) is 24.0 Å². The van der Waals surface area contributed by atoms with Crippen molar-refractivity contribution in [2.75, 3.05) is 0 Å². The fourth-order valence-corrected chi connectivity index (χ4v) is 5.10. The van der Waals surface area contributed by atoms with Crippen LogP contribution in [-0.4, -0.2) is 15.7 Å². The van der Waals surface area contributed by atoms with Gasteiger partial charge in [0.2, 0.25) is 0 Å². The molecule has 2 aliphatic rings. The molecule has 2 aliphatic carbocycles. The monoisotopic (exact) mass is 359 g/mol. The van der Waals surface area contributed by atoms with Crippen LogP contribution in [0, 0.1) is 12.3 Å². The third-order valence-corrected chi connectivity index (χ3v) is 6.46. The van der Waals surface area contributed by atoms with Crippen LogP contribution in [0.25, 0.3) is 0 Å². The second-order valence-electron chi connectivity index (χ2n) is 8.17. The molecule has 0 radical (unpaired) electrons. The number of nitrogens with zero attached hydrogens (tertiary/aromatic N) is 2. The minimum absolute atomic E-state index is 0.0442. The average molecular weight is 359 g/mol. The molecule has 0 spiro atoms. The van der Waals surface area contributed by atoms with E-state index in [2.05, 4.69) is 42.5 Å². The van der Waals surface area contributed by atoms with Gasteiger partial charge >= 0.3 is 0 Å². The van der Waals surface area contributed by atoms with E-state index in [9.17, 15) is 13.6 Å². The van der Waals surface area contributed by atoms with Crippen molar-refractivity contribution in [1.29, 1.82) is 0 Å². The van der Waals surface area contributed by atoms with Crippen molar-refractivity contribution < 1.29 is 13.6 Å². The van der Waals surface area contributed by atoms with Crippen LogP contribution >= 0.6 is 0 Å². The molecule has 1 saturated carbocycles. The van der Waals surface area contributed by atoms with E-state index in [1.807, 2.05) is 6.92 Å². The normalized spacial score (nSPS) is 25.6. The van der Waals surface area contributed by atoms with Gasteiger partial charge < -0.3 is 5.32 Å². The van der Waals surface area contributed by atoms with Gasteiger partial charge in [0.15, 0.2) is 0 Å². The Bertz CT molecular complexity index is 902. The summed E-state index contributed by atoms with van der Waals surface area (Å²) < 4.78 is 27.8. The number of halogens is 2. The van der Waals surface area contributed by atoms with Gasteiger partial charge in [0, 0.05) is 13.2 Å². The molecule has 26 heavy (non-hydrogen) atoms. The zero-order valence-electron chi connectivity index (χ0n) is 15.4. The molecule has 1 aromatic carbocycles. The Morgan fingerprint density at radius 2 is 2.12 bits per heavy atom. The summed E-state index contributed by atoms with van der Waals surface area (Å²) in [5.41, 5.74) is 2.32. The number of hydrogen-bond donors (Lipinski definition) is 1. The number of alkyl halides is 2. The first-order chi connectivity index (χ1) is 12.2. The maximum Gasteiger partial charge on any atom is 0.282 e. The summed E-state index contributed by atoms with van der Waals surface area (Å²) in [5.74, 6) is -0.113. The van der Waals surface area contributed by atoms with Gasteiger partial charge in [-0.25, -0.2) is 8.78 Å². The van der Waals surface area contributed by atoms with Crippen LogP contribution < -0.4 is 5.32 Å². The molecule has 1 N–H and O–H groups in total. The molecule has 2 atom stereocenters. The smallest absolute Gasteiger partial charge is 0.282 e. The molecular weight excluding hydrogens is 336 g/mol. The first kappa shape index (κ1) is 17.2. The highest BCUT2D eigenvalue weighted by Crippen LogP contribution is 2.66. The summed E-state index contributed by atoms with van der Waals surface area (Å²) >= 11 is 0. The van der Waals surface area contributed by atoms with Gasteiger partial charge in [-0.1, -0.05) is 37.6 Å². The van der Waals surface area contributed by atoms with Crippen molar-refractivity contribution in [3.05, 3.63) is 52.3 Å².